The van der Waals surface area contributed by atoms with E-state index in [-0.39, 0.29) is 0 Å². The van der Waals surface area contributed by atoms with Crippen molar-refractivity contribution in [3.63, 3.8) is 0 Å². The number of aromatic nitrogens is 2. The van der Waals surface area contributed by atoms with Crippen LogP contribution < -0.4 is 20.9 Å². The Morgan fingerprint density at radius 1 is 1.03 bits per heavy atom. The SMILES string of the molecule is CN(C)c1nc(N[C@H]2CC[C@@H](CNCC3=CNC4C=CC=CC34)CC2)nc2ccccc12. The van der Waals surface area contributed by atoms with Crippen LogP contribution in [0.2, 0.25) is 0 Å². The van der Waals surface area contributed by atoms with Crippen LogP contribution in [-0.4, -0.2) is 49.2 Å². The molecule has 0 spiro atoms. The number of fused-ring (bicyclic) bond motifs is 2. The fourth-order valence-corrected chi connectivity index (χ4v) is 5.17. The summed E-state index contributed by atoms with van der Waals surface area (Å²) in [6.45, 7) is 2.07. The third-order valence-corrected chi connectivity index (χ3v) is 6.97. The predicted octanol–water partition coefficient (Wildman–Crippen LogP) is 3.85. The van der Waals surface area contributed by atoms with Crippen molar-refractivity contribution in [3.8, 4) is 0 Å². The van der Waals surface area contributed by atoms with Crippen LogP contribution in [0.5, 0.6) is 0 Å². The molecule has 1 aliphatic heterocycles. The predicted molar refractivity (Wildman–Crippen MR) is 133 cm³/mol. The molecule has 2 unspecified atom stereocenters. The van der Waals surface area contributed by atoms with Gasteiger partial charge >= 0.3 is 0 Å². The summed E-state index contributed by atoms with van der Waals surface area (Å²) in [5.74, 6) is 2.98. The number of rotatable bonds is 7. The minimum absolute atomic E-state index is 0.448. The molecule has 32 heavy (non-hydrogen) atoms. The summed E-state index contributed by atoms with van der Waals surface area (Å²) in [4.78, 5) is 11.6. The topological polar surface area (TPSA) is 65.1 Å². The molecule has 2 heterocycles. The van der Waals surface area contributed by atoms with Gasteiger partial charge in [-0.2, -0.15) is 4.98 Å². The second-order valence-electron chi connectivity index (χ2n) is 9.48. The highest BCUT2D eigenvalue weighted by molar-refractivity contribution is 5.90. The first-order chi connectivity index (χ1) is 15.7. The van der Waals surface area contributed by atoms with Gasteiger partial charge in [0.05, 0.1) is 11.6 Å². The zero-order valence-corrected chi connectivity index (χ0v) is 19.1. The minimum atomic E-state index is 0.448. The second-order valence-corrected chi connectivity index (χ2v) is 9.48. The van der Waals surface area contributed by atoms with Crippen LogP contribution >= 0.6 is 0 Å². The lowest BCUT2D eigenvalue weighted by molar-refractivity contribution is 0.326. The fourth-order valence-electron chi connectivity index (χ4n) is 5.17. The highest BCUT2D eigenvalue weighted by atomic mass is 15.2. The maximum atomic E-state index is 4.81. The van der Waals surface area contributed by atoms with Crippen LogP contribution in [0.3, 0.4) is 0 Å². The van der Waals surface area contributed by atoms with Crippen molar-refractivity contribution in [1.29, 1.82) is 0 Å². The Kier molecular flexibility index (Phi) is 6.12. The molecule has 2 aliphatic carbocycles. The number of hydrogen-bond donors (Lipinski definition) is 3. The molecule has 3 aliphatic rings. The molecule has 2 aromatic rings. The van der Waals surface area contributed by atoms with E-state index < -0.39 is 0 Å². The van der Waals surface area contributed by atoms with Crippen molar-refractivity contribution in [2.75, 3.05) is 37.4 Å². The Balaban J connectivity index is 1.11. The summed E-state index contributed by atoms with van der Waals surface area (Å²) >= 11 is 0. The van der Waals surface area contributed by atoms with E-state index >= 15 is 0 Å². The first-order valence-corrected chi connectivity index (χ1v) is 11.9. The molecule has 0 amide bonds. The Bertz CT molecular complexity index is 1030. The molecule has 1 fully saturated rings. The number of anilines is 2. The lowest BCUT2D eigenvalue weighted by atomic mass is 9.86. The van der Waals surface area contributed by atoms with Crippen molar-refractivity contribution in [2.45, 2.75) is 37.8 Å². The molecule has 168 valence electrons. The van der Waals surface area contributed by atoms with Crippen LogP contribution in [-0.2, 0) is 0 Å². The summed E-state index contributed by atoms with van der Waals surface area (Å²) in [5, 5.41) is 11.9. The van der Waals surface area contributed by atoms with Crippen molar-refractivity contribution < 1.29 is 0 Å². The number of para-hydroxylation sites is 1. The van der Waals surface area contributed by atoms with Crippen molar-refractivity contribution >= 4 is 22.7 Å². The molecule has 1 aromatic carbocycles. The van der Waals surface area contributed by atoms with E-state index in [2.05, 4.69) is 63.5 Å². The second kappa shape index (κ2) is 9.33. The monoisotopic (exact) mass is 430 g/mol. The van der Waals surface area contributed by atoms with Gasteiger partial charge in [-0.25, -0.2) is 4.98 Å². The maximum absolute atomic E-state index is 4.81. The zero-order chi connectivity index (χ0) is 21.9. The quantitative estimate of drug-likeness (QED) is 0.620. The molecule has 1 aromatic heterocycles. The van der Waals surface area contributed by atoms with Crippen molar-refractivity contribution in [3.05, 3.63) is 60.3 Å². The van der Waals surface area contributed by atoms with Gasteiger partial charge in [-0.3, -0.25) is 0 Å². The lowest BCUT2D eigenvalue weighted by Crippen LogP contribution is -2.33. The Morgan fingerprint density at radius 3 is 2.69 bits per heavy atom. The molecule has 6 heteroatoms. The van der Waals surface area contributed by atoms with E-state index in [0.29, 0.717) is 18.0 Å². The zero-order valence-electron chi connectivity index (χ0n) is 19.1. The van der Waals surface area contributed by atoms with Gasteiger partial charge in [0.2, 0.25) is 5.95 Å². The van der Waals surface area contributed by atoms with Crippen LogP contribution in [0.4, 0.5) is 11.8 Å². The summed E-state index contributed by atoms with van der Waals surface area (Å²) in [7, 11) is 4.08. The molecular formula is C26H34N6. The van der Waals surface area contributed by atoms with E-state index in [0.717, 1.165) is 41.7 Å². The molecule has 2 atom stereocenters. The lowest BCUT2D eigenvalue weighted by Gasteiger charge is -2.30. The first-order valence-electron chi connectivity index (χ1n) is 11.9. The van der Waals surface area contributed by atoms with E-state index in [1.165, 1.54) is 31.3 Å². The molecule has 3 N–H and O–H groups in total. The number of nitrogens with zero attached hydrogens (tertiary/aromatic N) is 3. The normalized spacial score (nSPS) is 26.5. The molecule has 0 radical (unpaired) electrons. The van der Waals surface area contributed by atoms with Crippen molar-refractivity contribution in [1.82, 2.24) is 20.6 Å². The van der Waals surface area contributed by atoms with Crippen LogP contribution in [0.1, 0.15) is 25.7 Å². The van der Waals surface area contributed by atoms with Gasteiger partial charge in [0, 0.05) is 38.0 Å². The highest BCUT2D eigenvalue weighted by Gasteiger charge is 2.27. The first kappa shape index (κ1) is 21.0. The van der Waals surface area contributed by atoms with Gasteiger partial charge in [-0.1, -0.05) is 36.4 Å². The summed E-state index contributed by atoms with van der Waals surface area (Å²) in [6, 6.07) is 9.13. The van der Waals surface area contributed by atoms with Gasteiger partial charge in [-0.15, -0.1) is 0 Å². The number of allylic oxidation sites excluding steroid dienone is 2. The van der Waals surface area contributed by atoms with Crippen LogP contribution in [0.25, 0.3) is 10.9 Å². The van der Waals surface area contributed by atoms with Crippen molar-refractivity contribution in [2.24, 2.45) is 11.8 Å². The molecule has 0 bridgehead atoms. The van der Waals surface area contributed by atoms with Crippen LogP contribution in [0, 0.1) is 11.8 Å². The summed E-state index contributed by atoms with van der Waals surface area (Å²) in [5.41, 5.74) is 2.46. The molecule has 1 saturated carbocycles. The average Bonchev–Trinajstić information content (AvgIpc) is 3.23. The van der Waals surface area contributed by atoms with Gasteiger partial charge in [0.15, 0.2) is 0 Å². The Labute approximate surface area is 190 Å². The smallest absolute Gasteiger partial charge is 0.225 e. The van der Waals surface area contributed by atoms with E-state index in [1.807, 2.05) is 26.2 Å². The van der Waals surface area contributed by atoms with E-state index in [9.17, 15) is 0 Å². The largest absolute Gasteiger partial charge is 0.384 e. The number of nitrogens with one attached hydrogen (secondary N) is 3. The molecule has 0 saturated heterocycles. The molecular weight excluding hydrogens is 396 g/mol. The third kappa shape index (κ3) is 4.51. The average molecular weight is 431 g/mol. The van der Waals surface area contributed by atoms with E-state index in [4.69, 9.17) is 9.97 Å². The summed E-state index contributed by atoms with van der Waals surface area (Å²) < 4.78 is 0. The van der Waals surface area contributed by atoms with Gasteiger partial charge in [0.1, 0.15) is 5.82 Å². The minimum Gasteiger partial charge on any atom is -0.384 e. The standard InChI is InChI=1S/C26H34N6/c1-32(2)25-22-8-4-6-10-24(22)30-26(31-25)29-20-13-11-18(12-14-20)15-27-16-19-17-28-23-9-5-3-7-21(19)23/h3-10,17-18,20-21,23,27-28H,11-16H2,1-2H3,(H,29,30,31)/t18-,20+,21?,23?. The number of benzene rings is 1. The summed E-state index contributed by atoms with van der Waals surface area (Å²) in [6.07, 6.45) is 15.9. The maximum Gasteiger partial charge on any atom is 0.225 e. The third-order valence-electron chi connectivity index (χ3n) is 6.97. The highest BCUT2D eigenvalue weighted by Crippen LogP contribution is 2.29. The number of hydrogen-bond acceptors (Lipinski definition) is 6. The van der Waals surface area contributed by atoms with Gasteiger partial charge in [0.25, 0.3) is 0 Å². The van der Waals surface area contributed by atoms with Gasteiger partial charge in [-0.05, 0) is 62.1 Å². The molecule has 5 rings (SSSR count). The van der Waals surface area contributed by atoms with Gasteiger partial charge < -0.3 is 20.9 Å². The fraction of sp³-hybridized carbons (Fsp3) is 0.462. The van der Waals surface area contributed by atoms with E-state index in [1.54, 1.807) is 0 Å². The van der Waals surface area contributed by atoms with Crippen LogP contribution in [0.15, 0.2) is 60.3 Å². The molecule has 6 nitrogen and oxygen atoms in total. The Hall–Kier alpha value is -2.86. The Morgan fingerprint density at radius 2 is 1.84 bits per heavy atom.